The molecule has 1 aromatic carbocycles. The van der Waals surface area contributed by atoms with Gasteiger partial charge in [-0.05, 0) is 41.3 Å². The van der Waals surface area contributed by atoms with Crippen LogP contribution in [0.4, 0.5) is 0 Å². The van der Waals surface area contributed by atoms with Crippen LogP contribution >= 0.6 is 15.9 Å². The molecule has 0 fully saturated rings. The van der Waals surface area contributed by atoms with Crippen LogP contribution in [-0.2, 0) is 26.3 Å². The van der Waals surface area contributed by atoms with E-state index in [4.69, 9.17) is 5.73 Å². The van der Waals surface area contributed by atoms with Crippen LogP contribution in [-0.4, -0.2) is 15.8 Å². The summed E-state index contributed by atoms with van der Waals surface area (Å²) in [6, 6.07) is 8.65. The van der Waals surface area contributed by atoms with Gasteiger partial charge in [0.2, 0.25) is 0 Å². The van der Waals surface area contributed by atoms with Gasteiger partial charge in [-0.2, -0.15) is 5.10 Å². The molecule has 0 saturated heterocycles. The summed E-state index contributed by atoms with van der Waals surface area (Å²) in [5.41, 5.74) is 11.2. The molecule has 2 aromatic rings. The van der Waals surface area contributed by atoms with Gasteiger partial charge < -0.3 is 5.73 Å². The zero-order valence-electron chi connectivity index (χ0n) is 12.4. The number of rotatable bonds is 5. The van der Waals surface area contributed by atoms with Crippen molar-refractivity contribution in [2.75, 3.05) is 0 Å². The van der Waals surface area contributed by atoms with E-state index in [0.717, 1.165) is 29.4 Å². The van der Waals surface area contributed by atoms with E-state index in [-0.39, 0.29) is 6.04 Å². The molecule has 1 atom stereocenters. The normalized spacial score (nSPS) is 12.7. The number of nitrogens with zero attached hydrogens (tertiary/aromatic N) is 2. The first-order valence-electron chi connectivity index (χ1n) is 7.02. The standard InChI is InChI=1S/C16H22BrN3/c1-4-14-16(17)15(20(3)19-14)10-13(18)9-12-7-5-6-11(2)8-12/h5-8,13H,4,9-10,18H2,1-3H3. The van der Waals surface area contributed by atoms with Gasteiger partial charge in [-0.25, -0.2) is 0 Å². The lowest BCUT2D eigenvalue weighted by atomic mass is 10.0. The number of aryl methyl sites for hydroxylation is 3. The zero-order chi connectivity index (χ0) is 14.7. The lowest BCUT2D eigenvalue weighted by Gasteiger charge is -2.13. The van der Waals surface area contributed by atoms with Crippen molar-refractivity contribution in [3.8, 4) is 0 Å². The number of benzene rings is 1. The fourth-order valence-corrected chi connectivity index (χ4v) is 3.28. The van der Waals surface area contributed by atoms with Crippen molar-refractivity contribution in [1.82, 2.24) is 9.78 Å². The Morgan fingerprint density at radius 2 is 2.10 bits per heavy atom. The summed E-state index contributed by atoms with van der Waals surface area (Å²) >= 11 is 3.65. The summed E-state index contributed by atoms with van der Waals surface area (Å²) < 4.78 is 3.06. The van der Waals surface area contributed by atoms with Crippen molar-refractivity contribution in [1.29, 1.82) is 0 Å². The van der Waals surface area contributed by atoms with Crippen LogP contribution in [0.1, 0.15) is 29.4 Å². The number of aromatic nitrogens is 2. The maximum Gasteiger partial charge on any atom is 0.0766 e. The van der Waals surface area contributed by atoms with Gasteiger partial charge in [0.25, 0.3) is 0 Å². The molecular weight excluding hydrogens is 314 g/mol. The van der Waals surface area contributed by atoms with Crippen LogP contribution < -0.4 is 5.73 Å². The van der Waals surface area contributed by atoms with Gasteiger partial charge in [0.15, 0.2) is 0 Å². The molecule has 1 unspecified atom stereocenters. The second-order valence-corrected chi connectivity index (χ2v) is 6.13. The molecule has 4 heteroatoms. The van der Waals surface area contributed by atoms with Gasteiger partial charge in [0, 0.05) is 19.5 Å². The van der Waals surface area contributed by atoms with Crippen molar-refractivity contribution in [3.63, 3.8) is 0 Å². The van der Waals surface area contributed by atoms with Gasteiger partial charge in [0.1, 0.15) is 0 Å². The lowest BCUT2D eigenvalue weighted by molar-refractivity contribution is 0.610. The highest BCUT2D eigenvalue weighted by molar-refractivity contribution is 9.10. The van der Waals surface area contributed by atoms with E-state index in [1.54, 1.807) is 0 Å². The Morgan fingerprint density at radius 3 is 2.70 bits per heavy atom. The lowest BCUT2D eigenvalue weighted by Crippen LogP contribution is -2.26. The van der Waals surface area contributed by atoms with Gasteiger partial charge in [0.05, 0.1) is 15.9 Å². The summed E-state index contributed by atoms with van der Waals surface area (Å²) in [6.07, 6.45) is 2.65. The minimum absolute atomic E-state index is 0.105. The minimum Gasteiger partial charge on any atom is -0.327 e. The monoisotopic (exact) mass is 335 g/mol. The first-order valence-corrected chi connectivity index (χ1v) is 7.82. The SMILES string of the molecule is CCc1nn(C)c(CC(N)Cc2cccc(C)c2)c1Br. The molecule has 0 aliphatic heterocycles. The third kappa shape index (κ3) is 3.49. The summed E-state index contributed by atoms with van der Waals surface area (Å²) in [5.74, 6) is 0. The highest BCUT2D eigenvalue weighted by atomic mass is 79.9. The third-order valence-corrected chi connectivity index (χ3v) is 4.45. The molecule has 2 rings (SSSR count). The summed E-state index contributed by atoms with van der Waals surface area (Å²) in [6.45, 7) is 4.23. The number of halogens is 1. The molecule has 0 bridgehead atoms. The average molecular weight is 336 g/mol. The molecule has 20 heavy (non-hydrogen) atoms. The van der Waals surface area contributed by atoms with E-state index in [2.05, 4.69) is 59.1 Å². The van der Waals surface area contributed by atoms with E-state index >= 15 is 0 Å². The highest BCUT2D eigenvalue weighted by Crippen LogP contribution is 2.23. The fourth-order valence-electron chi connectivity index (χ4n) is 2.50. The van der Waals surface area contributed by atoms with Crippen LogP contribution in [0, 0.1) is 6.92 Å². The molecule has 0 spiro atoms. The molecule has 1 heterocycles. The molecule has 108 valence electrons. The van der Waals surface area contributed by atoms with Crippen LogP contribution in [0.5, 0.6) is 0 Å². The predicted molar refractivity (Wildman–Crippen MR) is 86.8 cm³/mol. The van der Waals surface area contributed by atoms with E-state index in [0.29, 0.717) is 0 Å². The Morgan fingerprint density at radius 1 is 1.35 bits per heavy atom. The second-order valence-electron chi connectivity index (χ2n) is 5.34. The quantitative estimate of drug-likeness (QED) is 0.911. The number of hydrogen-bond acceptors (Lipinski definition) is 2. The van der Waals surface area contributed by atoms with Gasteiger partial charge in [-0.1, -0.05) is 36.8 Å². The van der Waals surface area contributed by atoms with Crippen LogP contribution in [0.15, 0.2) is 28.7 Å². The van der Waals surface area contributed by atoms with Crippen molar-refractivity contribution in [2.45, 2.75) is 39.2 Å². The van der Waals surface area contributed by atoms with Crippen LogP contribution in [0.2, 0.25) is 0 Å². The Labute approximate surface area is 129 Å². The maximum absolute atomic E-state index is 6.31. The van der Waals surface area contributed by atoms with Gasteiger partial charge >= 0.3 is 0 Å². The van der Waals surface area contributed by atoms with E-state index < -0.39 is 0 Å². The fraction of sp³-hybridized carbons (Fsp3) is 0.438. The van der Waals surface area contributed by atoms with Gasteiger partial charge in [-0.3, -0.25) is 4.68 Å². The summed E-state index contributed by atoms with van der Waals surface area (Å²) in [5, 5.41) is 4.52. The molecule has 0 radical (unpaired) electrons. The Bertz CT molecular complexity index is 589. The van der Waals surface area contributed by atoms with E-state index in [1.807, 2.05) is 11.7 Å². The molecule has 1 aromatic heterocycles. The Balaban J connectivity index is 2.08. The maximum atomic E-state index is 6.31. The predicted octanol–water partition coefficient (Wildman–Crippen LogP) is 3.17. The largest absolute Gasteiger partial charge is 0.327 e. The number of hydrogen-bond donors (Lipinski definition) is 1. The molecule has 0 amide bonds. The topological polar surface area (TPSA) is 43.8 Å². The minimum atomic E-state index is 0.105. The summed E-state index contributed by atoms with van der Waals surface area (Å²) in [4.78, 5) is 0. The molecule has 3 nitrogen and oxygen atoms in total. The second kappa shape index (κ2) is 6.55. The smallest absolute Gasteiger partial charge is 0.0766 e. The van der Waals surface area contributed by atoms with Crippen molar-refractivity contribution >= 4 is 15.9 Å². The third-order valence-electron chi connectivity index (χ3n) is 3.54. The molecule has 0 saturated carbocycles. The van der Waals surface area contributed by atoms with Crippen LogP contribution in [0.25, 0.3) is 0 Å². The molecule has 2 N–H and O–H groups in total. The first-order chi connectivity index (χ1) is 9.51. The Hall–Kier alpha value is -1.13. The van der Waals surface area contributed by atoms with Gasteiger partial charge in [-0.15, -0.1) is 0 Å². The van der Waals surface area contributed by atoms with Crippen LogP contribution in [0.3, 0.4) is 0 Å². The molecule has 0 aliphatic carbocycles. The average Bonchev–Trinajstić information content (AvgIpc) is 2.66. The van der Waals surface area contributed by atoms with Crippen molar-refractivity contribution < 1.29 is 0 Å². The Kier molecular flexibility index (Phi) is 5.00. The highest BCUT2D eigenvalue weighted by Gasteiger charge is 2.15. The number of nitrogens with two attached hydrogens (primary N) is 1. The zero-order valence-corrected chi connectivity index (χ0v) is 13.9. The van der Waals surface area contributed by atoms with E-state index in [9.17, 15) is 0 Å². The first kappa shape index (κ1) is 15.3. The summed E-state index contributed by atoms with van der Waals surface area (Å²) in [7, 11) is 1.98. The molecular formula is C16H22BrN3. The molecule has 0 aliphatic rings. The van der Waals surface area contributed by atoms with Crippen molar-refractivity contribution in [3.05, 3.63) is 51.3 Å². The van der Waals surface area contributed by atoms with Crippen molar-refractivity contribution in [2.24, 2.45) is 12.8 Å². The van der Waals surface area contributed by atoms with E-state index in [1.165, 1.54) is 16.8 Å².